The molecule has 0 radical (unpaired) electrons. The van der Waals surface area contributed by atoms with Crippen molar-refractivity contribution in [1.29, 1.82) is 0 Å². The molecule has 2 heterocycles. The van der Waals surface area contributed by atoms with Gasteiger partial charge in [0.2, 0.25) is 0 Å². The maximum atomic E-state index is 12.3. The van der Waals surface area contributed by atoms with Gasteiger partial charge in [-0.3, -0.25) is 0 Å². The number of nitrogens with one attached hydrogen (secondary N) is 1. The molecule has 0 aliphatic carbocycles. The topological polar surface area (TPSA) is 50.8 Å². The molecule has 128 valence electrons. The fourth-order valence-electron chi connectivity index (χ4n) is 3.10. The van der Waals surface area contributed by atoms with E-state index in [0.717, 1.165) is 52.1 Å². The lowest BCUT2D eigenvalue weighted by molar-refractivity contribution is 0.0237. The van der Waals surface area contributed by atoms with Gasteiger partial charge in [0, 0.05) is 32.3 Å². The molecule has 5 heteroatoms. The summed E-state index contributed by atoms with van der Waals surface area (Å²) in [7, 11) is 0. The van der Waals surface area contributed by atoms with Crippen LogP contribution in [0, 0.1) is 5.92 Å². The first-order valence-corrected chi connectivity index (χ1v) is 8.73. The summed E-state index contributed by atoms with van der Waals surface area (Å²) >= 11 is 0. The molecule has 0 bridgehead atoms. The number of likely N-dealkylation sites (tertiary alicyclic amines) is 1. The Morgan fingerprint density at radius 3 is 2.77 bits per heavy atom. The summed E-state index contributed by atoms with van der Waals surface area (Å²) < 4.78 is 11.1. The Balaban J connectivity index is 1.80. The number of rotatable bonds is 3. The van der Waals surface area contributed by atoms with Gasteiger partial charge in [0.1, 0.15) is 5.60 Å². The van der Waals surface area contributed by atoms with E-state index in [1.54, 1.807) is 0 Å². The van der Waals surface area contributed by atoms with E-state index in [1.165, 1.54) is 12.8 Å². The fraction of sp³-hybridized carbons (Fsp3) is 0.941. The van der Waals surface area contributed by atoms with E-state index in [0.29, 0.717) is 12.0 Å². The SMILES string of the molecule is CC(C)(C)OC(=O)N1CCCCC(NCC2CCCOC2)C1. The van der Waals surface area contributed by atoms with Crippen molar-refractivity contribution in [3.05, 3.63) is 0 Å². The van der Waals surface area contributed by atoms with Crippen LogP contribution >= 0.6 is 0 Å². The Morgan fingerprint density at radius 2 is 2.09 bits per heavy atom. The number of hydrogen-bond acceptors (Lipinski definition) is 4. The zero-order chi connectivity index (χ0) is 16.0. The van der Waals surface area contributed by atoms with Crippen molar-refractivity contribution in [3.8, 4) is 0 Å². The van der Waals surface area contributed by atoms with Crippen molar-refractivity contribution in [3.63, 3.8) is 0 Å². The van der Waals surface area contributed by atoms with Crippen LogP contribution in [-0.4, -0.2) is 55.5 Å². The van der Waals surface area contributed by atoms with Crippen LogP contribution in [0.5, 0.6) is 0 Å². The second-order valence-corrected chi connectivity index (χ2v) is 7.61. The average Bonchev–Trinajstić information content (AvgIpc) is 2.70. The van der Waals surface area contributed by atoms with Gasteiger partial charge in [0.25, 0.3) is 0 Å². The van der Waals surface area contributed by atoms with Crippen LogP contribution < -0.4 is 5.32 Å². The highest BCUT2D eigenvalue weighted by atomic mass is 16.6. The molecule has 1 N–H and O–H groups in total. The molecule has 2 aliphatic heterocycles. The molecule has 1 amide bonds. The second kappa shape index (κ2) is 8.16. The van der Waals surface area contributed by atoms with Crippen molar-refractivity contribution in [2.75, 3.05) is 32.8 Å². The van der Waals surface area contributed by atoms with Crippen LogP contribution in [0.1, 0.15) is 52.9 Å². The maximum Gasteiger partial charge on any atom is 0.410 e. The van der Waals surface area contributed by atoms with Crippen molar-refractivity contribution in [1.82, 2.24) is 10.2 Å². The molecule has 2 saturated heterocycles. The molecule has 0 saturated carbocycles. The summed E-state index contributed by atoms with van der Waals surface area (Å²) in [5.41, 5.74) is -0.425. The predicted molar refractivity (Wildman–Crippen MR) is 87.0 cm³/mol. The Labute approximate surface area is 134 Å². The highest BCUT2D eigenvalue weighted by Gasteiger charge is 2.26. The fourth-order valence-corrected chi connectivity index (χ4v) is 3.10. The van der Waals surface area contributed by atoms with E-state index in [9.17, 15) is 4.79 Å². The summed E-state index contributed by atoms with van der Waals surface area (Å²) in [5, 5.41) is 3.65. The first-order valence-electron chi connectivity index (χ1n) is 8.73. The van der Waals surface area contributed by atoms with E-state index in [2.05, 4.69) is 5.32 Å². The van der Waals surface area contributed by atoms with Crippen molar-refractivity contribution >= 4 is 6.09 Å². The highest BCUT2D eigenvalue weighted by Crippen LogP contribution is 2.17. The molecular formula is C17H32N2O3. The predicted octanol–water partition coefficient (Wildman–Crippen LogP) is 2.79. The zero-order valence-corrected chi connectivity index (χ0v) is 14.4. The van der Waals surface area contributed by atoms with Gasteiger partial charge in [-0.1, -0.05) is 6.42 Å². The Kier molecular flexibility index (Phi) is 6.50. The van der Waals surface area contributed by atoms with Gasteiger partial charge in [0.05, 0.1) is 6.61 Å². The van der Waals surface area contributed by atoms with E-state index in [-0.39, 0.29) is 6.09 Å². The van der Waals surface area contributed by atoms with Gasteiger partial charge in [-0.2, -0.15) is 0 Å². The standard InChI is InChI=1S/C17H32N2O3/c1-17(2,3)22-16(20)19-9-5-4-8-15(12-19)18-11-14-7-6-10-21-13-14/h14-15,18H,4-13H2,1-3H3. The first-order chi connectivity index (χ1) is 10.4. The Bertz CT molecular complexity index is 348. The third-order valence-corrected chi connectivity index (χ3v) is 4.27. The lowest BCUT2D eigenvalue weighted by atomic mass is 10.0. The summed E-state index contributed by atoms with van der Waals surface area (Å²) in [5.74, 6) is 0.618. The van der Waals surface area contributed by atoms with Crippen molar-refractivity contribution < 1.29 is 14.3 Å². The normalized spacial score (nSPS) is 27.3. The summed E-state index contributed by atoms with van der Waals surface area (Å²) in [6, 6.07) is 0.372. The largest absolute Gasteiger partial charge is 0.444 e. The van der Waals surface area contributed by atoms with E-state index in [1.807, 2.05) is 25.7 Å². The lowest BCUT2D eigenvalue weighted by Gasteiger charge is -2.30. The second-order valence-electron chi connectivity index (χ2n) is 7.61. The summed E-state index contributed by atoms with van der Waals surface area (Å²) in [6.07, 6.45) is 5.59. The van der Waals surface area contributed by atoms with Gasteiger partial charge < -0.3 is 19.7 Å². The number of nitrogens with zero attached hydrogens (tertiary/aromatic N) is 1. The van der Waals surface area contributed by atoms with E-state index in [4.69, 9.17) is 9.47 Å². The van der Waals surface area contributed by atoms with Crippen LogP contribution in [0.25, 0.3) is 0 Å². The molecule has 0 aromatic carbocycles. The third kappa shape index (κ3) is 6.13. The van der Waals surface area contributed by atoms with Crippen LogP contribution in [0.4, 0.5) is 4.79 Å². The molecule has 2 aliphatic rings. The van der Waals surface area contributed by atoms with Crippen LogP contribution in [0.3, 0.4) is 0 Å². The van der Waals surface area contributed by atoms with Gasteiger partial charge in [-0.25, -0.2) is 4.79 Å². The number of amides is 1. The molecule has 0 aromatic heterocycles. The molecule has 5 nitrogen and oxygen atoms in total. The molecule has 2 atom stereocenters. The monoisotopic (exact) mass is 312 g/mol. The van der Waals surface area contributed by atoms with Gasteiger partial charge in [-0.05, 0) is 52.4 Å². The lowest BCUT2D eigenvalue weighted by Crippen LogP contribution is -2.46. The van der Waals surface area contributed by atoms with Crippen molar-refractivity contribution in [2.45, 2.75) is 64.5 Å². The molecular weight excluding hydrogens is 280 g/mol. The summed E-state index contributed by atoms with van der Waals surface area (Å²) in [6.45, 7) is 10.1. The number of hydrogen-bond donors (Lipinski definition) is 1. The minimum absolute atomic E-state index is 0.179. The van der Waals surface area contributed by atoms with Crippen LogP contribution in [-0.2, 0) is 9.47 Å². The number of carbonyl (C=O) groups is 1. The van der Waals surface area contributed by atoms with E-state index < -0.39 is 5.60 Å². The number of ether oxygens (including phenoxy) is 2. The zero-order valence-electron chi connectivity index (χ0n) is 14.4. The molecule has 2 rings (SSSR count). The Hall–Kier alpha value is -0.810. The van der Waals surface area contributed by atoms with Gasteiger partial charge >= 0.3 is 6.09 Å². The quantitative estimate of drug-likeness (QED) is 0.870. The maximum absolute atomic E-state index is 12.3. The van der Waals surface area contributed by atoms with Gasteiger partial charge in [-0.15, -0.1) is 0 Å². The molecule has 0 spiro atoms. The smallest absolute Gasteiger partial charge is 0.410 e. The minimum atomic E-state index is -0.425. The Morgan fingerprint density at radius 1 is 1.27 bits per heavy atom. The molecule has 0 aromatic rings. The molecule has 22 heavy (non-hydrogen) atoms. The van der Waals surface area contributed by atoms with Gasteiger partial charge in [0.15, 0.2) is 0 Å². The first kappa shape index (κ1) is 17.5. The minimum Gasteiger partial charge on any atom is -0.444 e. The molecule has 2 unspecified atom stereocenters. The highest BCUT2D eigenvalue weighted by molar-refractivity contribution is 5.68. The van der Waals surface area contributed by atoms with Crippen LogP contribution in [0.2, 0.25) is 0 Å². The number of carbonyl (C=O) groups excluding carboxylic acids is 1. The van der Waals surface area contributed by atoms with Crippen molar-refractivity contribution in [2.24, 2.45) is 5.92 Å². The van der Waals surface area contributed by atoms with E-state index >= 15 is 0 Å². The average molecular weight is 312 g/mol. The van der Waals surface area contributed by atoms with Crippen LogP contribution in [0.15, 0.2) is 0 Å². The molecule has 2 fully saturated rings. The third-order valence-electron chi connectivity index (χ3n) is 4.27. The summed E-state index contributed by atoms with van der Waals surface area (Å²) in [4.78, 5) is 14.1.